The molecule has 1 aromatic carbocycles. The summed E-state index contributed by atoms with van der Waals surface area (Å²) in [5.74, 6) is -0.551. The minimum absolute atomic E-state index is 0.179. The predicted molar refractivity (Wildman–Crippen MR) is 118 cm³/mol. The minimum Gasteiger partial charge on any atom is -0.459 e. The smallest absolute Gasteiger partial charge is 0.320 e. The molecule has 3 aliphatic heterocycles. The summed E-state index contributed by atoms with van der Waals surface area (Å²) in [6.45, 7) is 10.1. The maximum absolute atomic E-state index is 12.4. The molecular weight excluding hydrogens is 396 g/mol. The van der Waals surface area contributed by atoms with Crippen LogP contribution in [0.15, 0.2) is 18.2 Å². The molecule has 1 aromatic rings. The first-order valence-corrected chi connectivity index (χ1v) is 11.1. The van der Waals surface area contributed by atoms with Crippen molar-refractivity contribution in [1.29, 1.82) is 0 Å². The molecule has 8 heteroatoms. The summed E-state index contributed by atoms with van der Waals surface area (Å²) >= 11 is 0. The molecule has 3 heterocycles. The van der Waals surface area contributed by atoms with E-state index in [1.54, 1.807) is 0 Å². The number of hydrogen-bond acceptors (Lipinski definition) is 7. The Bertz CT molecular complexity index is 871. The summed E-state index contributed by atoms with van der Waals surface area (Å²) in [4.78, 5) is 42.7. The number of piperidine rings is 1. The van der Waals surface area contributed by atoms with Gasteiger partial charge in [-0.3, -0.25) is 24.6 Å². The number of nitrogens with one attached hydrogen (secondary N) is 1. The standard InChI is InChI=1S/C23H32N4O4/c1-23(2,3)31-21(29)15-25-11-13-26(14-12-25)17-5-4-6-18-16(17)9-10-27(18)19-7-8-20(28)24-22(19)30/h4-6,19H,7-15H2,1-3H3,(H,24,28,30)/t19-/m1/s1. The van der Waals surface area contributed by atoms with Crippen LogP contribution in [0.2, 0.25) is 0 Å². The number of hydrogen-bond donors (Lipinski definition) is 1. The Hall–Kier alpha value is -2.61. The normalized spacial score (nSPS) is 22.4. The lowest BCUT2D eigenvalue weighted by Crippen LogP contribution is -2.52. The molecule has 1 atom stereocenters. The molecule has 31 heavy (non-hydrogen) atoms. The molecule has 2 amide bonds. The van der Waals surface area contributed by atoms with E-state index in [2.05, 4.69) is 32.1 Å². The van der Waals surface area contributed by atoms with Crippen molar-refractivity contribution >= 4 is 29.2 Å². The first-order valence-electron chi connectivity index (χ1n) is 11.1. The third kappa shape index (κ3) is 4.84. The summed E-state index contributed by atoms with van der Waals surface area (Å²) in [7, 11) is 0. The summed E-state index contributed by atoms with van der Waals surface area (Å²) < 4.78 is 5.44. The van der Waals surface area contributed by atoms with Gasteiger partial charge < -0.3 is 14.5 Å². The van der Waals surface area contributed by atoms with E-state index in [4.69, 9.17) is 4.74 Å². The van der Waals surface area contributed by atoms with Gasteiger partial charge in [-0.25, -0.2) is 0 Å². The number of anilines is 2. The number of carbonyl (C=O) groups is 3. The van der Waals surface area contributed by atoms with E-state index in [1.807, 2.05) is 26.8 Å². The summed E-state index contributed by atoms with van der Waals surface area (Å²) in [5, 5.41) is 2.48. The van der Waals surface area contributed by atoms with Crippen molar-refractivity contribution in [1.82, 2.24) is 10.2 Å². The van der Waals surface area contributed by atoms with E-state index in [-0.39, 0.29) is 23.8 Å². The topological polar surface area (TPSA) is 82.2 Å². The zero-order chi connectivity index (χ0) is 22.2. The number of imide groups is 1. The number of benzene rings is 1. The van der Waals surface area contributed by atoms with Gasteiger partial charge in [0, 0.05) is 56.1 Å². The Morgan fingerprint density at radius 2 is 1.77 bits per heavy atom. The van der Waals surface area contributed by atoms with E-state index >= 15 is 0 Å². The highest BCUT2D eigenvalue weighted by atomic mass is 16.6. The molecule has 168 valence electrons. The van der Waals surface area contributed by atoms with Crippen LogP contribution in [0.4, 0.5) is 11.4 Å². The van der Waals surface area contributed by atoms with Gasteiger partial charge in [0.15, 0.2) is 0 Å². The zero-order valence-corrected chi connectivity index (χ0v) is 18.6. The Labute approximate surface area is 183 Å². The first kappa shape index (κ1) is 21.6. The molecular formula is C23H32N4O4. The van der Waals surface area contributed by atoms with E-state index < -0.39 is 5.60 Å². The number of piperazine rings is 1. The van der Waals surface area contributed by atoms with Gasteiger partial charge in [0.1, 0.15) is 11.6 Å². The van der Waals surface area contributed by atoms with Gasteiger partial charge in [-0.1, -0.05) is 6.07 Å². The van der Waals surface area contributed by atoms with Crippen LogP contribution in [0.5, 0.6) is 0 Å². The summed E-state index contributed by atoms with van der Waals surface area (Å²) in [6, 6.07) is 6.00. The van der Waals surface area contributed by atoms with Crippen molar-refractivity contribution < 1.29 is 19.1 Å². The third-order valence-electron chi connectivity index (χ3n) is 6.11. The van der Waals surface area contributed by atoms with Crippen molar-refractivity contribution in [3.63, 3.8) is 0 Å². The molecule has 1 N–H and O–H groups in total. The molecule has 0 aromatic heterocycles. The number of rotatable bonds is 4. The van der Waals surface area contributed by atoms with Crippen LogP contribution in [0.25, 0.3) is 0 Å². The SMILES string of the molecule is CC(C)(C)OC(=O)CN1CCN(c2cccc3c2CCN3[C@@H]2CCC(=O)NC2=O)CC1. The van der Waals surface area contributed by atoms with Crippen LogP contribution in [0.1, 0.15) is 39.2 Å². The first-order chi connectivity index (χ1) is 14.7. The molecule has 0 unspecified atom stereocenters. The molecule has 0 saturated carbocycles. The van der Waals surface area contributed by atoms with Gasteiger partial charge >= 0.3 is 5.97 Å². The molecule has 3 aliphatic rings. The quantitative estimate of drug-likeness (QED) is 0.572. The predicted octanol–water partition coefficient (Wildman–Crippen LogP) is 1.32. The average molecular weight is 429 g/mol. The molecule has 0 aliphatic carbocycles. The largest absolute Gasteiger partial charge is 0.459 e. The third-order valence-corrected chi connectivity index (χ3v) is 6.11. The highest BCUT2D eigenvalue weighted by Gasteiger charge is 2.36. The number of ether oxygens (including phenoxy) is 1. The van der Waals surface area contributed by atoms with Crippen molar-refractivity contribution in [2.24, 2.45) is 0 Å². The second-order valence-corrected chi connectivity index (χ2v) is 9.53. The van der Waals surface area contributed by atoms with Gasteiger partial charge in [-0.05, 0) is 45.7 Å². The molecule has 0 spiro atoms. The summed E-state index contributed by atoms with van der Waals surface area (Å²) in [5.41, 5.74) is 3.12. The van der Waals surface area contributed by atoms with Crippen molar-refractivity contribution in [2.75, 3.05) is 49.1 Å². The lowest BCUT2D eigenvalue weighted by Gasteiger charge is -2.37. The second kappa shape index (κ2) is 8.49. The van der Waals surface area contributed by atoms with Crippen molar-refractivity contribution in [3.05, 3.63) is 23.8 Å². The van der Waals surface area contributed by atoms with Crippen molar-refractivity contribution in [2.45, 2.75) is 51.7 Å². The van der Waals surface area contributed by atoms with Crippen LogP contribution in [0.3, 0.4) is 0 Å². The molecule has 0 bridgehead atoms. The van der Waals surface area contributed by atoms with Gasteiger partial charge in [-0.15, -0.1) is 0 Å². The van der Waals surface area contributed by atoms with Gasteiger partial charge in [-0.2, -0.15) is 0 Å². The molecule has 4 rings (SSSR count). The average Bonchev–Trinajstić information content (AvgIpc) is 3.11. The van der Waals surface area contributed by atoms with E-state index in [0.29, 0.717) is 19.4 Å². The fourth-order valence-electron chi connectivity index (χ4n) is 4.74. The maximum atomic E-state index is 12.4. The van der Waals surface area contributed by atoms with Crippen LogP contribution in [0, 0.1) is 0 Å². The van der Waals surface area contributed by atoms with Crippen LogP contribution in [-0.4, -0.2) is 73.6 Å². The highest BCUT2D eigenvalue weighted by Crippen LogP contribution is 2.38. The Balaban J connectivity index is 1.40. The second-order valence-electron chi connectivity index (χ2n) is 9.53. The fraction of sp³-hybridized carbons (Fsp3) is 0.609. The molecule has 2 fully saturated rings. The lowest BCUT2D eigenvalue weighted by atomic mass is 10.0. The van der Waals surface area contributed by atoms with Crippen LogP contribution in [-0.2, 0) is 25.5 Å². The number of fused-ring (bicyclic) bond motifs is 1. The van der Waals surface area contributed by atoms with Crippen LogP contribution >= 0.6 is 0 Å². The fourth-order valence-corrected chi connectivity index (χ4v) is 4.74. The molecule has 2 saturated heterocycles. The van der Waals surface area contributed by atoms with Crippen LogP contribution < -0.4 is 15.1 Å². The lowest BCUT2D eigenvalue weighted by molar-refractivity contribution is -0.156. The monoisotopic (exact) mass is 428 g/mol. The van der Waals surface area contributed by atoms with Gasteiger partial charge in [0.2, 0.25) is 11.8 Å². The molecule has 8 nitrogen and oxygen atoms in total. The number of carbonyl (C=O) groups excluding carboxylic acids is 3. The van der Waals surface area contributed by atoms with Gasteiger partial charge in [0.05, 0.1) is 6.54 Å². The van der Waals surface area contributed by atoms with E-state index in [1.165, 1.54) is 11.3 Å². The minimum atomic E-state index is -0.460. The van der Waals surface area contributed by atoms with Crippen molar-refractivity contribution in [3.8, 4) is 0 Å². The Morgan fingerprint density at radius 1 is 1.06 bits per heavy atom. The highest BCUT2D eigenvalue weighted by molar-refractivity contribution is 6.02. The number of nitrogens with zero attached hydrogens (tertiary/aromatic N) is 3. The van der Waals surface area contributed by atoms with Gasteiger partial charge in [0.25, 0.3) is 0 Å². The van der Waals surface area contributed by atoms with E-state index in [0.717, 1.165) is 44.8 Å². The number of esters is 1. The maximum Gasteiger partial charge on any atom is 0.320 e. The Morgan fingerprint density at radius 3 is 2.45 bits per heavy atom. The Kier molecular flexibility index (Phi) is 5.92. The molecule has 0 radical (unpaired) electrons. The van der Waals surface area contributed by atoms with E-state index in [9.17, 15) is 14.4 Å². The summed E-state index contributed by atoms with van der Waals surface area (Å²) in [6.07, 6.45) is 1.85. The zero-order valence-electron chi connectivity index (χ0n) is 18.6. The number of amides is 2.